The van der Waals surface area contributed by atoms with Crippen LogP contribution in [0.4, 0.5) is 0 Å². The second-order valence-corrected chi connectivity index (χ2v) is 4.46. The van der Waals surface area contributed by atoms with Crippen LogP contribution in [0, 0.1) is 0 Å². The van der Waals surface area contributed by atoms with Gasteiger partial charge < -0.3 is 5.11 Å². The van der Waals surface area contributed by atoms with Crippen molar-refractivity contribution in [1.82, 2.24) is 9.97 Å². The monoisotopic (exact) mass is 240 g/mol. The van der Waals surface area contributed by atoms with Crippen LogP contribution in [-0.2, 0) is 0 Å². The van der Waals surface area contributed by atoms with Gasteiger partial charge in [0, 0.05) is 12.4 Å². The van der Waals surface area contributed by atoms with Crippen LogP contribution < -0.4 is 0 Å². The molecular weight excluding hydrogens is 228 g/mol. The molecule has 4 nitrogen and oxygen atoms in total. The number of aromatic nitrogens is 2. The molecule has 2 heterocycles. The number of rotatable bonds is 3. The summed E-state index contributed by atoms with van der Waals surface area (Å²) in [6.45, 7) is 0. The van der Waals surface area contributed by atoms with Crippen molar-refractivity contribution < 1.29 is 9.90 Å². The van der Waals surface area contributed by atoms with E-state index in [1.54, 1.807) is 30.6 Å². The molecule has 18 heavy (non-hydrogen) atoms. The van der Waals surface area contributed by atoms with Gasteiger partial charge in [0.15, 0.2) is 0 Å². The molecule has 0 radical (unpaired) electrons. The van der Waals surface area contributed by atoms with E-state index in [4.69, 9.17) is 0 Å². The van der Waals surface area contributed by atoms with E-state index in [0.717, 1.165) is 18.4 Å². The predicted octanol–water partition coefficient (Wildman–Crippen LogP) is 2.72. The molecule has 0 unspecified atom stereocenters. The number of hydrogen-bond acceptors (Lipinski definition) is 3. The number of carbonyl (C=O) groups is 1. The zero-order chi connectivity index (χ0) is 12.5. The molecule has 0 amide bonds. The zero-order valence-electron chi connectivity index (χ0n) is 9.71. The van der Waals surface area contributed by atoms with Crippen LogP contribution in [0.5, 0.6) is 0 Å². The first kappa shape index (κ1) is 10.9. The molecule has 1 N–H and O–H groups in total. The van der Waals surface area contributed by atoms with Crippen molar-refractivity contribution in [3.8, 4) is 11.4 Å². The fraction of sp³-hybridized carbons (Fsp3) is 0.214. The van der Waals surface area contributed by atoms with Crippen molar-refractivity contribution in [2.24, 2.45) is 0 Å². The van der Waals surface area contributed by atoms with Crippen LogP contribution >= 0.6 is 0 Å². The predicted molar refractivity (Wildman–Crippen MR) is 66.4 cm³/mol. The summed E-state index contributed by atoms with van der Waals surface area (Å²) in [5, 5.41) is 9.29. The topological polar surface area (TPSA) is 63.1 Å². The van der Waals surface area contributed by atoms with Gasteiger partial charge in [-0.2, -0.15) is 0 Å². The molecule has 0 atom stereocenters. The second-order valence-electron chi connectivity index (χ2n) is 4.46. The number of aromatic carboxylic acids is 1. The summed E-state index contributed by atoms with van der Waals surface area (Å²) in [4.78, 5) is 19.8. The first-order chi connectivity index (χ1) is 8.75. The van der Waals surface area contributed by atoms with Gasteiger partial charge in [-0.05, 0) is 42.5 Å². The third kappa shape index (κ3) is 1.97. The number of nitrogens with zero attached hydrogens (tertiary/aromatic N) is 2. The maximum Gasteiger partial charge on any atom is 0.337 e. The minimum Gasteiger partial charge on any atom is -0.478 e. The number of carboxylic acid groups (broad SMARTS) is 1. The van der Waals surface area contributed by atoms with Crippen LogP contribution in [0.2, 0.25) is 0 Å². The molecular formula is C14H12N2O2. The molecule has 1 saturated carbocycles. The lowest BCUT2D eigenvalue weighted by Crippen LogP contribution is -2.03. The van der Waals surface area contributed by atoms with Gasteiger partial charge in [-0.25, -0.2) is 4.79 Å². The summed E-state index contributed by atoms with van der Waals surface area (Å²) in [5.41, 5.74) is 2.29. The Labute approximate surface area is 104 Å². The van der Waals surface area contributed by atoms with E-state index in [1.165, 1.54) is 0 Å². The Kier molecular flexibility index (Phi) is 2.55. The van der Waals surface area contributed by atoms with Gasteiger partial charge in [0.1, 0.15) is 5.69 Å². The molecule has 0 aliphatic heterocycles. The number of carboxylic acids is 1. The third-order valence-electron chi connectivity index (χ3n) is 3.10. The van der Waals surface area contributed by atoms with Gasteiger partial charge in [-0.15, -0.1) is 0 Å². The summed E-state index contributed by atoms with van der Waals surface area (Å²) < 4.78 is 0. The van der Waals surface area contributed by atoms with Gasteiger partial charge in [0.2, 0.25) is 0 Å². The van der Waals surface area contributed by atoms with Gasteiger partial charge in [-0.1, -0.05) is 6.07 Å². The molecule has 0 saturated heterocycles. The van der Waals surface area contributed by atoms with Gasteiger partial charge in [0.25, 0.3) is 0 Å². The molecule has 0 bridgehead atoms. The summed E-state index contributed by atoms with van der Waals surface area (Å²) in [7, 11) is 0. The van der Waals surface area contributed by atoms with E-state index in [2.05, 4.69) is 9.97 Å². The molecule has 0 aromatic carbocycles. The summed E-state index contributed by atoms with van der Waals surface area (Å²) in [6.07, 6.45) is 5.67. The van der Waals surface area contributed by atoms with Gasteiger partial charge in [-0.3, -0.25) is 9.97 Å². The Bertz CT molecular complexity index is 592. The minimum absolute atomic E-state index is 0.234. The fourth-order valence-electron chi connectivity index (χ4n) is 1.99. The highest BCUT2D eigenvalue weighted by molar-refractivity contribution is 5.94. The third-order valence-corrected chi connectivity index (χ3v) is 3.10. The number of pyridine rings is 2. The Hall–Kier alpha value is -2.23. The van der Waals surface area contributed by atoms with E-state index in [9.17, 15) is 9.90 Å². The van der Waals surface area contributed by atoms with E-state index < -0.39 is 5.97 Å². The highest BCUT2D eigenvalue weighted by Crippen LogP contribution is 2.40. The molecule has 0 spiro atoms. The summed E-state index contributed by atoms with van der Waals surface area (Å²) in [5.74, 6) is -0.459. The van der Waals surface area contributed by atoms with E-state index in [0.29, 0.717) is 17.3 Å². The average Bonchev–Trinajstić information content (AvgIpc) is 3.23. The molecule has 3 rings (SSSR count). The lowest BCUT2D eigenvalue weighted by Gasteiger charge is -2.06. The smallest absolute Gasteiger partial charge is 0.337 e. The largest absolute Gasteiger partial charge is 0.478 e. The summed E-state index contributed by atoms with van der Waals surface area (Å²) >= 11 is 0. The van der Waals surface area contributed by atoms with Gasteiger partial charge >= 0.3 is 5.97 Å². The van der Waals surface area contributed by atoms with Crippen LogP contribution in [0.15, 0.2) is 36.7 Å². The Morgan fingerprint density at radius 3 is 2.72 bits per heavy atom. The first-order valence-corrected chi connectivity index (χ1v) is 5.90. The van der Waals surface area contributed by atoms with Crippen LogP contribution in [0.3, 0.4) is 0 Å². The second kappa shape index (κ2) is 4.22. The highest BCUT2D eigenvalue weighted by Gasteiger charge is 2.26. The molecule has 2 aromatic heterocycles. The molecule has 1 aliphatic rings. The zero-order valence-corrected chi connectivity index (χ0v) is 9.71. The highest BCUT2D eigenvalue weighted by atomic mass is 16.4. The fourth-order valence-corrected chi connectivity index (χ4v) is 1.99. The maximum atomic E-state index is 11.3. The van der Waals surface area contributed by atoms with Crippen LogP contribution in [0.25, 0.3) is 11.4 Å². The Balaban J connectivity index is 2.11. The van der Waals surface area contributed by atoms with E-state index >= 15 is 0 Å². The van der Waals surface area contributed by atoms with Gasteiger partial charge in [0.05, 0.1) is 11.3 Å². The van der Waals surface area contributed by atoms with E-state index in [1.807, 2.05) is 6.07 Å². The normalized spacial score (nSPS) is 14.4. The van der Waals surface area contributed by atoms with Crippen molar-refractivity contribution in [2.75, 3.05) is 0 Å². The molecule has 90 valence electrons. The SMILES string of the molecule is O=C(O)c1cc(C2CC2)cnc1-c1ccccn1. The molecule has 1 aliphatic carbocycles. The average molecular weight is 240 g/mol. The molecule has 4 heteroatoms. The van der Waals surface area contributed by atoms with E-state index in [-0.39, 0.29) is 5.56 Å². The standard InChI is InChI=1S/C14H12N2O2/c17-14(18)11-7-10(9-4-5-9)8-16-13(11)12-3-1-2-6-15-12/h1-3,6-9H,4-5H2,(H,17,18). The van der Waals surface area contributed by atoms with Crippen LogP contribution in [-0.4, -0.2) is 21.0 Å². The lowest BCUT2D eigenvalue weighted by molar-refractivity contribution is 0.0697. The van der Waals surface area contributed by atoms with Crippen molar-refractivity contribution in [3.05, 3.63) is 47.8 Å². The van der Waals surface area contributed by atoms with Crippen molar-refractivity contribution >= 4 is 5.97 Å². The van der Waals surface area contributed by atoms with Crippen molar-refractivity contribution in [3.63, 3.8) is 0 Å². The molecule has 1 fully saturated rings. The Morgan fingerprint density at radius 1 is 1.28 bits per heavy atom. The lowest BCUT2D eigenvalue weighted by atomic mass is 10.1. The van der Waals surface area contributed by atoms with Crippen molar-refractivity contribution in [2.45, 2.75) is 18.8 Å². The van der Waals surface area contributed by atoms with Crippen LogP contribution in [0.1, 0.15) is 34.7 Å². The quantitative estimate of drug-likeness (QED) is 0.895. The minimum atomic E-state index is -0.953. The molecule has 2 aromatic rings. The Morgan fingerprint density at radius 2 is 2.11 bits per heavy atom. The first-order valence-electron chi connectivity index (χ1n) is 5.90. The maximum absolute atomic E-state index is 11.3. The van der Waals surface area contributed by atoms with Crippen molar-refractivity contribution in [1.29, 1.82) is 0 Å². The number of hydrogen-bond donors (Lipinski definition) is 1. The summed E-state index contributed by atoms with van der Waals surface area (Å²) in [6, 6.07) is 7.12.